The summed E-state index contributed by atoms with van der Waals surface area (Å²) in [5.41, 5.74) is 2.15. The molecule has 0 atom stereocenters. The Morgan fingerprint density at radius 2 is 1.60 bits per heavy atom. The summed E-state index contributed by atoms with van der Waals surface area (Å²) in [5.74, 6) is 0. The maximum absolute atomic E-state index is 6.22. The van der Waals surface area contributed by atoms with E-state index in [1.165, 1.54) is 51.4 Å². The van der Waals surface area contributed by atoms with E-state index in [2.05, 4.69) is 22.5 Å². The van der Waals surface area contributed by atoms with Crippen molar-refractivity contribution in [1.82, 2.24) is 9.55 Å². The molecule has 0 saturated carbocycles. The molecule has 0 aliphatic heterocycles. The first-order chi connectivity index (χ1) is 9.83. The molecule has 1 aromatic heterocycles. The number of imidazole rings is 1. The maximum Gasteiger partial charge on any atom is 0.203 e. The standard InChI is InChI=1S/C17H25ClN2/c1-2-3-4-5-6-7-8-11-14-20-16-13-10-9-12-15(16)19-17(20)18/h9-10,12-13H,2-8,11,14H2,1H3. The molecule has 0 fully saturated rings. The molecule has 20 heavy (non-hydrogen) atoms. The molecule has 0 aliphatic rings. The smallest absolute Gasteiger partial charge is 0.203 e. The number of hydrogen-bond donors (Lipinski definition) is 0. The van der Waals surface area contributed by atoms with E-state index in [4.69, 9.17) is 11.6 Å². The second-order valence-electron chi connectivity index (χ2n) is 5.50. The third-order valence-corrected chi connectivity index (χ3v) is 4.13. The van der Waals surface area contributed by atoms with Crippen molar-refractivity contribution in [2.75, 3.05) is 0 Å². The molecule has 3 heteroatoms. The Balaban J connectivity index is 1.72. The van der Waals surface area contributed by atoms with Gasteiger partial charge in [0.2, 0.25) is 5.28 Å². The first-order valence-corrected chi connectivity index (χ1v) is 8.31. The van der Waals surface area contributed by atoms with Crippen LogP contribution in [0.25, 0.3) is 11.0 Å². The lowest BCUT2D eigenvalue weighted by molar-refractivity contribution is 0.548. The van der Waals surface area contributed by atoms with Gasteiger partial charge in [0.05, 0.1) is 11.0 Å². The zero-order chi connectivity index (χ0) is 14.2. The van der Waals surface area contributed by atoms with Crippen LogP contribution in [0.4, 0.5) is 0 Å². The van der Waals surface area contributed by atoms with E-state index >= 15 is 0 Å². The van der Waals surface area contributed by atoms with Crippen LogP contribution in [-0.2, 0) is 6.54 Å². The van der Waals surface area contributed by atoms with Crippen LogP contribution >= 0.6 is 11.6 Å². The van der Waals surface area contributed by atoms with E-state index in [0.717, 1.165) is 17.6 Å². The summed E-state index contributed by atoms with van der Waals surface area (Å²) in [7, 11) is 0. The minimum atomic E-state index is 0.620. The third-order valence-electron chi connectivity index (χ3n) is 3.84. The molecular formula is C17H25ClN2. The van der Waals surface area contributed by atoms with Gasteiger partial charge in [-0.05, 0) is 30.2 Å². The molecule has 0 bridgehead atoms. The molecule has 2 nitrogen and oxygen atoms in total. The van der Waals surface area contributed by atoms with Crippen molar-refractivity contribution in [2.24, 2.45) is 0 Å². The molecule has 0 unspecified atom stereocenters. The summed E-state index contributed by atoms with van der Waals surface area (Å²) in [4.78, 5) is 4.39. The van der Waals surface area contributed by atoms with Crippen molar-refractivity contribution in [2.45, 2.75) is 64.8 Å². The molecule has 0 N–H and O–H groups in total. The fourth-order valence-electron chi connectivity index (χ4n) is 2.66. The highest BCUT2D eigenvalue weighted by molar-refractivity contribution is 6.29. The number of halogens is 1. The first kappa shape index (κ1) is 15.4. The number of benzene rings is 1. The van der Waals surface area contributed by atoms with Gasteiger partial charge in [-0.3, -0.25) is 0 Å². The first-order valence-electron chi connectivity index (χ1n) is 7.93. The largest absolute Gasteiger partial charge is 0.315 e. The second-order valence-corrected chi connectivity index (χ2v) is 5.83. The number of unbranched alkanes of at least 4 members (excludes halogenated alkanes) is 7. The second kappa shape index (κ2) is 8.31. The van der Waals surface area contributed by atoms with Crippen molar-refractivity contribution in [3.05, 3.63) is 29.5 Å². The number of nitrogens with zero attached hydrogens (tertiary/aromatic N) is 2. The van der Waals surface area contributed by atoms with Gasteiger partial charge < -0.3 is 4.57 Å². The molecular weight excluding hydrogens is 268 g/mol. The predicted octanol–water partition coefficient (Wildman–Crippen LogP) is 5.83. The van der Waals surface area contributed by atoms with Gasteiger partial charge >= 0.3 is 0 Å². The minimum Gasteiger partial charge on any atom is -0.315 e. The van der Waals surface area contributed by atoms with E-state index in [-0.39, 0.29) is 0 Å². The summed E-state index contributed by atoms with van der Waals surface area (Å²) >= 11 is 6.22. The SMILES string of the molecule is CCCCCCCCCCn1c(Cl)nc2ccccc21. The Bertz CT molecular complexity index is 519. The van der Waals surface area contributed by atoms with Crippen molar-refractivity contribution in [3.63, 3.8) is 0 Å². The molecule has 2 rings (SSSR count). The van der Waals surface area contributed by atoms with Crippen LogP contribution in [-0.4, -0.2) is 9.55 Å². The van der Waals surface area contributed by atoms with Crippen LogP contribution in [0, 0.1) is 0 Å². The van der Waals surface area contributed by atoms with E-state index in [1.54, 1.807) is 0 Å². The molecule has 0 saturated heterocycles. The minimum absolute atomic E-state index is 0.620. The lowest BCUT2D eigenvalue weighted by Gasteiger charge is -2.06. The molecule has 2 aromatic rings. The van der Waals surface area contributed by atoms with Crippen LogP contribution < -0.4 is 0 Å². The fraction of sp³-hybridized carbons (Fsp3) is 0.588. The third kappa shape index (κ3) is 4.24. The summed E-state index contributed by atoms with van der Waals surface area (Å²) in [6.45, 7) is 3.24. The van der Waals surface area contributed by atoms with E-state index in [9.17, 15) is 0 Å². The molecule has 0 spiro atoms. The molecule has 0 aliphatic carbocycles. The van der Waals surface area contributed by atoms with Crippen molar-refractivity contribution >= 4 is 22.6 Å². The van der Waals surface area contributed by atoms with E-state index in [1.807, 2.05) is 18.2 Å². The Morgan fingerprint density at radius 1 is 0.950 bits per heavy atom. The highest BCUT2D eigenvalue weighted by Crippen LogP contribution is 2.20. The quantitative estimate of drug-likeness (QED) is 0.532. The van der Waals surface area contributed by atoms with E-state index in [0.29, 0.717) is 5.28 Å². The van der Waals surface area contributed by atoms with Crippen LogP contribution in [0.3, 0.4) is 0 Å². The summed E-state index contributed by atoms with van der Waals surface area (Å²) in [5, 5.41) is 0.620. The predicted molar refractivity (Wildman–Crippen MR) is 87.4 cm³/mol. The fourth-order valence-corrected chi connectivity index (χ4v) is 2.93. The highest BCUT2D eigenvalue weighted by atomic mass is 35.5. The topological polar surface area (TPSA) is 17.8 Å². The number of aromatic nitrogens is 2. The summed E-state index contributed by atoms with van der Waals surface area (Å²) in [6, 6.07) is 8.17. The van der Waals surface area contributed by atoms with Gasteiger partial charge in [0.15, 0.2) is 0 Å². The van der Waals surface area contributed by atoms with Crippen LogP contribution in [0.15, 0.2) is 24.3 Å². The summed E-state index contributed by atoms with van der Waals surface area (Å²) < 4.78 is 2.13. The van der Waals surface area contributed by atoms with Crippen molar-refractivity contribution in [3.8, 4) is 0 Å². The number of hydrogen-bond acceptors (Lipinski definition) is 1. The van der Waals surface area contributed by atoms with Gasteiger partial charge in [-0.15, -0.1) is 0 Å². The van der Waals surface area contributed by atoms with Crippen LogP contribution in [0.1, 0.15) is 58.3 Å². The molecule has 110 valence electrons. The Kier molecular flexibility index (Phi) is 6.38. The Labute approximate surface area is 127 Å². The van der Waals surface area contributed by atoms with Gasteiger partial charge in [-0.2, -0.15) is 0 Å². The van der Waals surface area contributed by atoms with Crippen LogP contribution in [0.5, 0.6) is 0 Å². The number of rotatable bonds is 9. The summed E-state index contributed by atoms with van der Waals surface area (Å²) in [6.07, 6.45) is 10.7. The van der Waals surface area contributed by atoms with Crippen molar-refractivity contribution in [1.29, 1.82) is 0 Å². The average Bonchev–Trinajstić information content (AvgIpc) is 2.78. The van der Waals surface area contributed by atoms with Crippen LogP contribution in [0.2, 0.25) is 5.28 Å². The van der Waals surface area contributed by atoms with Gasteiger partial charge in [-0.25, -0.2) is 4.98 Å². The monoisotopic (exact) mass is 292 g/mol. The Hall–Kier alpha value is -1.02. The highest BCUT2D eigenvalue weighted by Gasteiger charge is 2.07. The van der Waals surface area contributed by atoms with Gasteiger partial charge in [0.1, 0.15) is 0 Å². The van der Waals surface area contributed by atoms with Crippen molar-refractivity contribution < 1.29 is 0 Å². The molecule has 1 heterocycles. The number of aryl methyl sites for hydroxylation is 1. The van der Waals surface area contributed by atoms with E-state index < -0.39 is 0 Å². The zero-order valence-corrected chi connectivity index (χ0v) is 13.2. The number of fused-ring (bicyclic) bond motifs is 1. The van der Waals surface area contributed by atoms with Gasteiger partial charge in [-0.1, -0.05) is 64.0 Å². The molecule has 1 aromatic carbocycles. The zero-order valence-electron chi connectivity index (χ0n) is 12.4. The Morgan fingerprint density at radius 3 is 2.35 bits per heavy atom. The molecule has 0 radical (unpaired) electrons. The maximum atomic E-state index is 6.22. The van der Waals surface area contributed by atoms with Gasteiger partial charge in [0.25, 0.3) is 0 Å². The lowest BCUT2D eigenvalue weighted by atomic mass is 10.1. The average molecular weight is 293 g/mol. The lowest BCUT2D eigenvalue weighted by Crippen LogP contribution is -1.98. The molecule has 0 amide bonds. The van der Waals surface area contributed by atoms with Gasteiger partial charge in [0, 0.05) is 6.54 Å². The normalized spacial score (nSPS) is 11.3. The number of para-hydroxylation sites is 2.